The summed E-state index contributed by atoms with van der Waals surface area (Å²) in [6.07, 6.45) is 1.83. The van der Waals surface area contributed by atoms with Gasteiger partial charge in [0.05, 0.1) is 11.9 Å². The van der Waals surface area contributed by atoms with Crippen LogP contribution in [-0.2, 0) is 6.54 Å². The summed E-state index contributed by atoms with van der Waals surface area (Å²) in [5.41, 5.74) is 7.54. The van der Waals surface area contributed by atoms with E-state index in [1.807, 2.05) is 41.9 Å². The second kappa shape index (κ2) is 4.83. The Kier molecular flexibility index (Phi) is 3.16. The summed E-state index contributed by atoms with van der Waals surface area (Å²) in [7, 11) is 0. The molecule has 0 unspecified atom stereocenters. The van der Waals surface area contributed by atoms with Crippen LogP contribution in [0, 0.1) is 0 Å². The Labute approximate surface area is 122 Å². The smallest absolute Gasteiger partial charge is 0.259 e. The quantitative estimate of drug-likeness (QED) is 0.729. The molecule has 19 heavy (non-hydrogen) atoms. The molecule has 0 atom stereocenters. The van der Waals surface area contributed by atoms with Crippen molar-refractivity contribution in [2.75, 3.05) is 5.73 Å². The average molecular weight is 335 g/mol. The van der Waals surface area contributed by atoms with Crippen molar-refractivity contribution in [1.82, 2.24) is 4.57 Å². The van der Waals surface area contributed by atoms with Crippen LogP contribution in [-0.4, -0.2) is 4.57 Å². The number of nitrogen functional groups attached to an aromatic ring is 1. The van der Waals surface area contributed by atoms with Gasteiger partial charge in [0, 0.05) is 21.1 Å². The zero-order valence-corrected chi connectivity index (χ0v) is 12.4. The maximum atomic E-state index is 12.3. The highest BCUT2D eigenvalue weighted by Crippen LogP contribution is 2.19. The zero-order chi connectivity index (χ0) is 13.4. The molecule has 96 valence electrons. The average Bonchev–Trinajstić information content (AvgIpc) is 2.80. The molecule has 0 radical (unpaired) electrons. The molecule has 0 saturated carbocycles. The van der Waals surface area contributed by atoms with Crippen LogP contribution in [0.3, 0.4) is 0 Å². The summed E-state index contributed by atoms with van der Waals surface area (Å²) >= 11 is 4.99. The predicted molar refractivity (Wildman–Crippen MR) is 83.7 cm³/mol. The van der Waals surface area contributed by atoms with Crippen LogP contribution in [0.4, 0.5) is 5.69 Å². The fourth-order valence-electron chi connectivity index (χ4n) is 2.09. The molecule has 1 aromatic carbocycles. The molecule has 0 spiro atoms. The second-order valence-corrected chi connectivity index (χ2v) is 6.20. The number of aromatic nitrogens is 1. The highest BCUT2D eigenvalue weighted by atomic mass is 79.9. The molecule has 5 heteroatoms. The topological polar surface area (TPSA) is 48.0 Å². The first-order valence-corrected chi connectivity index (χ1v) is 7.42. The number of halogens is 1. The molecule has 2 aromatic heterocycles. The summed E-state index contributed by atoms with van der Waals surface area (Å²) in [6, 6.07) is 9.54. The Bertz CT molecular complexity index is 786. The summed E-state index contributed by atoms with van der Waals surface area (Å²) in [4.78, 5) is 12.3. The molecule has 0 saturated heterocycles. The standard InChI is InChI=1S/C14H11BrN2OS/c15-10-5-9(6-11(16)7-10)8-17-3-1-13-12(14(17)18)2-4-19-13/h1-7H,8,16H2. The number of thiophene rings is 1. The van der Waals surface area contributed by atoms with Crippen LogP contribution in [0.1, 0.15) is 5.56 Å². The van der Waals surface area contributed by atoms with E-state index in [-0.39, 0.29) is 5.56 Å². The first-order chi connectivity index (χ1) is 9.13. The minimum Gasteiger partial charge on any atom is -0.399 e. The van der Waals surface area contributed by atoms with Crippen LogP contribution in [0.15, 0.2) is 51.2 Å². The van der Waals surface area contributed by atoms with E-state index >= 15 is 0 Å². The van der Waals surface area contributed by atoms with E-state index in [4.69, 9.17) is 5.73 Å². The summed E-state index contributed by atoms with van der Waals surface area (Å²) in [6.45, 7) is 0.522. The number of benzene rings is 1. The third-order valence-electron chi connectivity index (χ3n) is 2.93. The lowest BCUT2D eigenvalue weighted by atomic mass is 10.2. The second-order valence-electron chi connectivity index (χ2n) is 4.34. The van der Waals surface area contributed by atoms with E-state index < -0.39 is 0 Å². The van der Waals surface area contributed by atoms with Gasteiger partial charge in [-0.05, 0) is 41.3 Å². The Morgan fingerprint density at radius 3 is 2.89 bits per heavy atom. The molecule has 0 fully saturated rings. The monoisotopic (exact) mass is 334 g/mol. The Morgan fingerprint density at radius 2 is 2.11 bits per heavy atom. The number of anilines is 1. The molecule has 0 aliphatic heterocycles. The van der Waals surface area contributed by atoms with Crippen LogP contribution in [0.2, 0.25) is 0 Å². The number of fused-ring (bicyclic) bond motifs is 1. The molecule has 0 aliphatic rings. The molecule has 3 aromatic rings. The van der Waals surface area contributed by atoms with Gasteiger partial charge in [0.2, 0.25) is 0 Å². The van der Waals surface area contributed by atoms with Crippen molar-refractivity contribution in [3.8, 4) is 0 Å². The minimum atomic E-state index is 0.0392. The van der Waals surface area contributed by atoms with E-state index in [0.29, 0.717) is 12.2 Å². The highest BCUT2D eigenvalue weighted by molar-refractivity contribution is 9.10. The minimum absolute atomic E-state index is 0.0392. The molecule has 0 aliphatic carbocycles. The van der Waals surface area contributed by atoms with Crippen molar-refractivity contribution in [1.29, 1.82) is 0 Å². The predicted octanol–water partition coefficient (Wildman–Crippen LogP) is 3.46. The van der Waals surface area contributed by atoms with E-state index in [1.165, 1.54) is 0 Å². The van der Waals surface area contributed by atoms with Crippen LogP contribution in [0.5, 0.6) is 0 Å². The third kappa shape index (κ3) is 2.43. The van der Waals surface area contributed by atoms with Crippen molar-refractivity contribution in [3.05, 3.63) is 62.3 Å². The highest BCUT2D eigenvalue weighted by Gasteiger charge is 2.05. The SMILES string of the molecule is Nc1cc(Br)cc(Cn2ccc3sccc3c2=O)c1. The molecule has 0 bridgehead atoms. The maximum Gasteiger partial charge on any atom is 0.259 e. The number of hydrogen-bond donors (Lipinski definition) is 1. The van der Waals surface area contributed by atoms with Crippen molar-refractivity contribution in [3.63, 3.8) is 0 Å². The van der Waals surface area contributed by atoms with Gasteiger partial charge >= 0.3 is 0 Å². The van der Waals surface area contributed by atoms with Gasteiger partial charge in [0.1, 0.15) is 0 Å². The maximum absolute atomic E-state index is 12.3. The van der Waals surface area contributed by atoms with E-state index in [9.17, 15) is 4.79 Å². The first-order valence-electron chi connectivity index (χ1n) is 5.75. The van der Waals surface area contributed by atoms with Gasteiger partial charge in [-0.1, -0.05) is 15.9 Å². The molecular formula is C14H11BrN2OS. The van der Waals surface area contributed by atoms with Crippen LogP contribution >= 0.6 is 27.3 Å². The lowest BCUT2D eigenvalue weighted by Gasteiger charge is -2.07. The molecule has 3 rings (SSSR count). The van der Waals surface area contributed by atoms with Crippen molar-refractivity contribution >= 4 is 43.0 Å². The number of rotatable bonds is 2. The third-order valence-corrected chi connectivity index (χ3v) is 4.27. The summed E-state index contributed by atoms with van der Waals surface area (Å²) in [5.74, 6) is 0. The molecular weight excluding hydrogens is 324 g/mol. The van der Waals surface area contributed by atoms with Gasteiger partial charge in [-0.25, -0.2) is 0 Å². The number of hydrogen-bond acceptors (Lipinski definition) is 3. The van der Waals surface area contributed by atoms with E-state index in [2.05, 4.69) is 15.9 Å². The normalized spacial score (nSPS) is 11.0. The van der Waals surface area contributed by atoms with Gasteiger partial charge in [0.25, 0.3) is 5.56 Å². The summed E-state index contributed by atoms with van der Waals surface area (Å²) < 4.78 is 3.65. The zero-order valence-electron chi connectivity index (χ0n) is 9.97. The molecule has 2 N–H and O–H groups in total. The Morgan fingerprint density at radius 1 is 1.26 bits per heavy atom. The van der Waals surface area contributed by atoms with E-state index in [0.717, 1.165) is 20.1 Å². The van der Waals surface area contributed by atoms with E-state index in [1.54, 1.807) is 15.9 Å². The van der Waals surface area contributed by atoms with Gasteiger partial charge in [0.15, 0.2) is 0 Å². The van der Waals surface area contributed by atoms with Gasteiger partial charge in [-0.3, -0.25) is 4.79 Å². The fraction of sp³-hybridized carbons (Fsp3) is 0.0714. The van der Waals surface area contributed by atoms with Gasteiger partial charge in [-0.15, -0.1) is 11.3 Å². The van der Waals surface area contributed by atoms with Gasteiger partial charge in [-0.2, -0.15) is 0 Å². The first kappa shape index (κ1) is 12.4. The summed E-state index contributed by atoms with van der Waals surface area (Å²) in [5, 5.41) is 2.71. The number of nitrogens with zero attached hydrogens (tertiary/aromatic N) is 1. The number of pyridine rings is 1. The fourth-order valence-corrected chi connectivity index (χ4v) is 3.43. The lowest BCUT2D eigenvalue weighted by molar-refractivity contribution is 0.768. The van der Waals surface area contributed by atoms with Crippen LogP contribution in [0.25, 0.3) is 10.1 Å². The molecule has 2 heterocycles. The molecule has 3 nitrogen and oxygen atoms in total. The number of nitrogens with two attached hydrogens (primary N) is 1. The van der Waals surface area contributed by atoms with Gasteiger partial charge < -0.3 is 10.3 Å². The van der Waals surface area contributed by atoms with Crippen molar-refractivity contribution < 1.29 is 0 Å². The lowest BCUT2D eigenvalue weighted by Crippen LogP contribution is -2.19. The van der Waals surface area contributed by atoms with Crippen LogP contribution < -0.4 is 11.3 Å². The van der Waals surface area contributed by atoms with Crippen molar-refractivity contribution in [2.24, 2.45) is 0 Å². The van der Waals surface area contributed by atoms with Crippen molar-refractivity contribution in [2.45, 2.75) is 6.54 Å². The Hall–Kier alpha value is -1.59. The Balaban J connectivity index is 2.05. The largest absolute Gasteiger partial charge is 0.399 e. The molecule has 0 amide bonds.